The first kappa shape index (κ1) is 18.6. The van der Waals surface area contributed by atoms with Gasteiger partial charge in [0.05, 0.1) is 6.54 Å². The molecule has 0 atom stereocenters. The van der Waals surface area contributed by atoms with E-state index in [9.17, 15) is 9.59 Å². The molecule has 3 aliphatic heterocycles. The van der Waals surface area contributed by atoms with E-state index in [1.807, 2.05) is 12.1 Å². The van der Waals surface area contributed by atoms with Crippen molar-refractivity contribution in [1.82, 2.24) is 9.80 Å². The van der Waals surface area contributed by atoms with Crippen LogP contribution in [-0.4, -0.2) is 66.1 Å². The molecule has 27 heavy (non-hydrogen) atoms. The second-order valence-electron chi connectivity index (χ2n) is 8.11. The molecule has 2 fully saturated rings. The van der Waals surface area contributed by atoms with Crippen molar-refractivity contribution < 1.29 is 14.7 Å². The van der Waals surface area contributed by atoms with Gasteiger partial charge in [-0.25, -0.2) is 4.79 Å². The maximum Gasteiger partial charge on any atom is 0.407 e. The Morgan fingerprint density at radius 2 is 1.89 bits per heavy atom. The Balaban J connectivity index is 1.31. The highest BCUT2D eigenvalue weighted by Crippen LogP contribution is 2.44. The second-order valence-corrected chi connectivity index (χ2v) is 8.55. The Kier molecular flexibility index (Phi) is 5.03. The monoisotopic (exact) mass is 391 g/mol. The van der Waals surface area contributed by atoms with Gasteiger partial charge in [0, 0.05) is 41.7 Å². The number of carbonyl (C=O) groups excluding carboxylic acids is 1. The van der Waals surface area contributed by atoms with Crippen molar-refractivity contribution in [2.45, 2.75) is 31.1 Å². The summed E-state index contributed by atoms with van der Waals surface area (Å²) < 4.78 is 0. The van der Waals surface area contributed by atoms with E-state index in [2.05, 4.69) is 16.3 Å². The number of hydrogen-bond donors (Lipinski definition) is 2. The Morgan fingerprint density at radius 1 is 1.19 bits per heavy atom. The van der Waals surface area contributed by atoms with Crippen molar-refractivity contribution in [2.24, 2.45) is 5.92 Å². The number of nitrogens with zero attached hydrogens (tertiary/aromatic N) is 2. The zero-order chi connectivity index (χ0) is 19.0. The molecule has 7 heteroatoms. The molecule has 0 aliphatic carbocycles. The average molecular weight is 392 g/mol. The smallest absolute Gasteiger partial charge is 0.407 e. The lowest BCUT2D eigenvalue weighted by Gasteiger charge is -2.39. The molecule has 1 aromatic rings. The number of Topliss-reactive ketones (excluding diaryl/α,β-unsaturated/α-hetero) is 1. The van der Waals surface area contributed by atoms with Crippen LogP contribution in [-0.2, 0) is 10.2 Å². The van der Waals surface area contributed by atoms with Crippen LogP contribution in [0.25, 0.3) is 0 Å². The predicted molar refractivity (Wildman–Crippen MR) is 105 cm³/mol. The van der Waals surface area contributed by atoms with Gasteiger partial charge < -0.3 is 15.3 Å². The first-order valence-electron chi connectivity index (χ1n) is 9.74. The molecule has 3 aliphatic rings. The first-order chi connectivity index (χ1) is 13.0. The molecule has 0 bridgehead atoms. The molecule has 2 N–H and O–H groups in total. The van der Waals surface area contributed by atoms with Gasteiger partial charge in [-0.2, -0.15) is 0 Å². The van der Waals surface area contributed by atoms with Crippen LogP contribution in [0.3, 0.4) is 0 Å². The quantitative estimate of drug-likeness (QED) is 0.828. The van der Waals surface area contributed by atoms with Crippen LogP contribution in [0.1, 0.15) is 31.2 Å². The van der Waals surface area contributed by atoms with Gasteiger partial charge in [-0.15, -0.1) is 0 Å². The molecular weight excluding hydrogens is 366 g/mol. The first-order valence-corrected chi connectivity index (χ1v) is 10.1. The largest absolute Gasteiger partial charge is 0.465 e. The van der Waals surface area contributed by atoms with E-state index in [0.717, 1.165) is 43.2 Å². The summed E-state index contributed by atoms with van der Waals surface area (Å²) in [6, 6.07) is 6.12. The maximum atomic E-state index is 12.7. The molecule has 0 aromatic heterocycles. The number of halogens is 1. The molecule has 6 nitrogen and oxygen atoms in total. The molecule has 0 unspecified atom stereocenters. The van der Waals surface area contributed by atoms with Crippen LogP contribution in [0.2, 0.25) is 5.02 Å². The number of ketones is 1. The number of carboxylic acid groups (broad SMARTS) is 1. The molecule has 1 aromatic carbocycles. The van der Waals surface area contributed by atoms with Crippen LogP contribution in [0.15, 0.2) is 18.2 Å². The Labute approximate surface area is 164 Å². The van der Waals surface area contributed by atoms with Crippen molar-refractivity contribution in [3.8, 4) is 0 Å². The lowest BCUT2D eigenvalue weighted by molar-refractivity contribution is -0.125. The number of amides is 1. The number of benzene rings is 1. The predicted octanol–water partition coefficient (Wildman–Crippen LogP) is 3.06. The lowest BCUT2D eigenvalue weighted by Crippen LogP contribution is -2.47. The molecular formula is C20H26ClN3O3. The van der Waals surface area contributed by atoms with E-state index >= 15 is 0 Å². The fourth-order valence-electron chi connectivity index (χ4n) is 4.81. The van der Waals surface area contributed by atoms with Gasteiger partial charge >= 0.3 is 6.09 Å². The van der Waals surface area contributed by atoms with Gasteiger partial charge in [0.25, 0.3) is 0 Å². The molecule has 2 saturated heterocycles. The SMILES string of the molecule is O=C(CN1CCC2(CC1)CNc1cc(Cl)ccc12)C1CCN(C(=O)O)CC1. The molecule has 1 amide bonds. The second kappa shape index (κ2) is 7.32. The number of likely N-dealkylation sites (tertiary alicyclic amines) is 2. The van der Waals surface area contributed by atoms with Crippen molar-refractivity contribution in [3.05, 3.63) is 28.8 Å². The fraction of sp³-hybridized carbons (Fsp3) is 0.600. The third kappa shape index (κ3) is 3.65. The van der Waals surface area contributed by atoms with Crippen LogP contribution < -0.4 is 5.32 Å². The summed E-state index contributed by atoms with van der Waals surface area (Å²) in [5, 5.41) is 13.3. The zero-order valence-corrected chi connectivity index (χ0v) is 16.2. The summed E-state index contributed by atoms with van der Waals surface area (Å²) in [5.41, 5.74) is 2.67. The van der Waals surface area contributed by atoms with Crippen LogP contribution in [0, 0.1) is 5.92 Å². The van der Waals surface area contributed by atoms with Gasteiger partial charge in [-0.1, -0.05) is 17.7 Å². The van der Waals surface area contributed by atoms with Crippen molar-refractivity contribution in [2.75, 3.05) is 44.6 Å². The third-order valence-corrected chi connectivity index (χ3v) is 6.82. The lowest BCUT2D eigenvalue weighted by atomic mass is 9.74. The van der Waals surface area contributed by atoms with Gasteiger partial charge in [-0.3, -0.25) is 9.69 Å². The maximum absolute atomic E-state index is 12.7. The number of fused-ring (bicyclic) bond motifs is 2. The van der Waals surface area contributed by atoms with Crippen molar-refractivity contribution in [1.29, 1.82) is 0 Å². The standard InChI is InChI=1S/C20H26ClN3O3/c21-15-1-2-16-17(11-15)22-13-20(16)5-9-23(10-6-20)12-18(25)14-3-7-24(8-4-14)19(26)27/h1-2,11,14,22H,3-10,12-13H2,(H,26,27). The zero-order valence-electron chi connectivity index (χ0n) is 15.4. The molecule has 0 radical (unpaired) electrons. The molecule has 0 saturated carbocycles. The molecule has 3 heterocycles. The Hall–Kier alpha value is -1.79. The van der Waals surface area contributed by atoms with Crippen LogP contribution in [0.4, 0.5) is 10.5 Å². The highest BCUT2D eigenvalue weighted by Gasteiger charge is 2.41. The number of carbonyl (C=O) groups is 2. The van der Waals surface area contributed by atoms with E-state index < -0.39 is 6.09 Å². The van der Waals surface area contributed by atoms with Gasteiger partial charge in [0.2, 0.25) is 0 Å². The minimum Gasteiger partial charge on any atom is -0.465 e. The van der Waals surface area contributed by atoms with E-state index in [0.29, 0.717) is 32.5 Å². The number of anilines is 1. The summed E-state index contributed by atoms with van der Waals surface area (Å²) in [4.78, 5) is 27.3. The van der Waals surface area contributed by atoms with Gasteiger partial charge in [-0.05, 0) is 56.5 Å². The number of nitrogens with one attached hydrogen (secondary N) is 1. The van der Waals surface area contributed by atoms with Gasteiger partial charge in [0.15, 0.2) is 0 Å². The van der Waals surface area contributed by atoms with Crippen LogP contribution in [0.5, 0.6) is 0 Å². The number of hydrogen-bond acceptors (Lipinski definition) is 4. The van der Waals surface area contributed by atoms with E-state index in [1.165, 1.54) is 10.5 Å². The minimum atomic E-state index is -0.881. The highest BCUT2D eigenvalue weighted by atomic mass is 35.5. The van der Waals surface area contributed by atoms with Gasteiger partial charge in [0.1, 0.15) is 5.78 Å². The Morgan fingerprint density at radius 3 is 2.56 bits per heavy atom. The summed E-state index contributed by atoms with van der Waals surface area (Å²) >= 11 is 6.11. The molecule has 146 valence electrons. The van der Waals surface area contributed by atoms with Crippen LogP contribution >= 0.6 is 11.6 Å². The fourth-order valence-corrected chi connectivity index (χ4v) is 4.98. The number of piperidine rings is 2. The van der Waals surface area contributed by atoms with Crippen molar-refractivity contribution >= 4 is 29.2 Å². The van der Waals surface area contributed by atoms with E-state index in [-0.39, 0.29) is 17.1 Å². The molecule has 1 spiro atoms. The van der Waals surface area contributed by atoms with E-state index in [4.69, 9.17) is 16.7 Å². The summed E-state index contributed by atoms with van der Waals surface area (Å²) in [6.45, 7) is 4.22. The van der Waals surface area contributed by atoms with E-state index in [1.54, 1.807) is 0 Å². The minimum absolute atomic E-state index is 0.00695. The summed E-state index contributed by atoms with van der Waals surface area (Å²) in [7, 11) is 0. The third-order valence-electron chi connectivity index (χ3n) is 6.58. The topological polar surface area (TPSA) is 72.9 Å². The summed E-state index contributed by atoms with van der Waals surface area (Å²) in [6.07, 6.45) is 2.51. The molecule has 4 rings (SSSR count). The van der Waals surface area contributed by atoms with Crippen molar-refractivity contribution in [3.63, 3.8) is 0 Å². The average Bonchev–Trinajstić information content (AvgIpc) is 3.01. The summed E-state index contributed by atoms with van der Waals surface area (Å²) in [5.74, 6) is 0.278. The highest BCUT2D eigenvalue weighted by molar-refractivity contribution is 6.30. The Bertz CT molecular complexity index is 738. The normalized spacial score (nSPS) is 22.5. The number of rotatable bonds is 3.